The molecule has 2 aromatic rings. The van der Waals surface area contributed by atoms with Crippen molar-refractivity contribution in [1.82, 2.24) is 15.3 Å². The Morgan fingerprint density at radius 2 is 1.87 bits per heavy atom. The number of carbonyl (C=O) groups excluding carboxylic acids is 1. The number of benzene rings is 1. The maximum atomic E-state index is 15.1. The summed E-state index contributed by atoms with van der Waals surface area (Å²) in [5.74, 6) is -5.03. The quantitative estimate of drug-likeness (QED) is 0.413. The van der Waals surface area contributed by atoms with E-state index in [1.54, 1.807) is 6.92 Å². The van der Waals surface area contributed by atoms with Crippen LogP contribution in [0, 0.1) is 12.7 Å². The molecule has 38 heavy (non-hydrogen) atoms. The number of halogens is 5. The molecule has 2 N–H and O–H groups in total. The van der Waals surface area contributed by atoms with E-state index in [0.717, 1.165) is 6.07 Å². The molecule has 2 fully saturated rings. The normalized spacial score (nSPS) is 18.9. The monoisotopic (exact) mass is 544 g/mol. The third kappa shape index (κ3) is 5.59. The molecule has 0 spiro atoms. The summed E-state index contributed by atoms with van der Waals surface area (Å²) < 4.78 is 86.6. The number of rotatable bonds is 10. The highest BCUT2D eigenvalue weighted by molar-refractivity contribution is 5.83. The number of nitrogens with one attached hydrogen (secondary N) is 2. The molecule has 0 bridgehead atoms. The van der Waals surface area contributed by atoms with E-state index >= 15 is 4.39 Å². The largest absolute Gasteiger partial charge is 0.365 e. The van der Waals surface area contributed by atoms with Gasteiger partial charge in [0, 0.05) is 19.6 Å². The van der Waals surface area contributed by atoms with Gasteiger partial charge in [-0.3, -0.25) is 4.79 Å². The summed E-state index contributed by atoms with van der Waals surface area (Å²) in [4.78, 5) is 21.8. The Morgan fingerprint density at radius 3 is 2.42 bits per heavy atom. The number of methoxy groups -OCH3 is 1. The van der Waals surface area contributed by atoms with Crippen molar-refractivity contribution in [3.8, 4) is 0 Å². The van der Waals surface area contributed by atoms with Gasteiger partial charge in [-0.2, -0.15) is 0 Å². The SMILES string of the molecule is COC(C(=O)NC1(C(F)F)CC1)c1nc(C)nc(N[C@H](C)c2cccc(C(C)(F)F)c2F)c1C1OCCO1. The standard InChI is InChI=1S/C25H29F5N4O4/c1-12(14-6-5-7-15(17(14)26)24(3,29)30)31-20-16(22-37-10-11-38-22)18(32-13(2)33-20)19(36-4)21(35)34-25(8-9-25)23(27)28/h5-7,12,19,22-23H,8-11H2,1-4H3,(H,34,35)(H,31,32,33)/t12-,19?/m1/s1. The van der Waals surface area contributed by atoms with Crippen LogP contribution >= 0.6 is 0 Å². The van der Waals surface area contributed by atoms with Crippen LogP contribution in [-0.2, 0) is 24.9 Å². The minimum atomic E-state index is -3.40. The van der Waals surface area contributed by atoms with E-state index in [4.69, 9.17) is 14.2 Å². The zero-order valence-corrected chi connectivity index (χ0v) is 21.3. The molecule has 13 heteroatoms. The topological polar surface area (TPSA) is 94.6 Å². The molecule has 1 aliphatic carbocycles. The van der Waals surface area contributed by atoms with Crippen molar-refractivity contribution in [2.24, 2.45) is 0 Å². The van der Waals surface area contributed by atoms with Gasteiger partial charge in [0.15, 0.2) is 12.4 Å². The van der Waals surface area contributed by atoms with Crippen molar-refractivity contribution in [2.75, 3.05) is 25.6 Å². The Labute approximate surface area is 216 Å². The summed E-state index contributed by atoms with van der Waals surface area (Å²) in [6.45, 7) is 4.12. The molecule has 1 amide bonds. The van der Waals surface area contributed by atoms with Crippen LogP contribution in [0.4, 0.5) is 27.8 Å². The number of aromatic nitrogens is 2. The number of hydrogen-bond acceptors (Lipinski definition) is 7. The fourth-order valence-corrected chi connectivity index (χ4v) is 4.36. The van der Waals surface area contributed by atoms with Crippen LogP contribution in [0.5, 0.6) is 0 Å². The Morgan fingerprint density at radius 1 is 1.21 bits per heavy atom. The number of anilines is 1. The van der Waals surface area contributed by atoms with Gasteiger partial charge < -0.3 is 24.8 Å². The maximum Gasteiger partial charge on any atom is 0.273 e. The molecule has 2 aliphatic rings. The van der Waals surface area contributed by atoms with E-state index in [2.05, 4.69) is 20.6 Å². The lowest BCUT2D eigenvalue weighted by Gasteiger charge is -2.26. The number of hydrogen-bond donors (Lipinski definition) is 2. The van der Waals surface area contributed by atoms with Crippen molar-refractivity contribution in [3.05, 3.63) is 52.2 Å². The number of ether oxygens (including phenoxy) is 3. The molecular weight excluding hydrogens is 515 g/mol. The average molecular weight is 545 g/mol. The molecular formula is C25H29F5N4O4. The molecule has 1 aromatic heterocycles. The third-order valence-electron chi connectivity index (χ3n) is 6.57. The summed E-state index contributed by atoms with van der Waals surface area (Å²) in [5.41, 5.74) is -2.25. The first-order valence-corrected chi connectivity index (χ1v) is 12.1. The number of amides is 1. The Balaban J connectivity index is 1.73. The number of carbonyl (C=O) groups is 1. The van der Waals surface area contributed by atoms with Crippen LogP contribution in [0.15, 0.2) is 18.2 Å². The lowest BCUT2D eigenvalue weighted by molar-refractivity contribution is -0.134. The number of nitrogens with zero attached hydrogens (tertiary/aromatic N) is 2. The van der Waals surface area contributed by atoms with E-state index in [0.29, 0.717) is 6.92 Å². The molecule has 4 rings (SSSR count). The van der Waals surface area contributed by atoms with Crippen molar-refractivity contribution >= 4 is 11.7 Å². The van der Waals surface area contributed by atoms with Crippen molar-refractivity contribution in [2.45, 2.75) is 69.9 Å². The molecule has 1 unspecified atom stereocenters. The van der Waals surface area contributed by atoms with Gasteiger partial charge >= 0.3 is 0 Å². The molecule has 1 aromatic carbocycles. The molecule has 1 saturated carbocycles. The fraction of sp³-hybridized carbons (Fsp3) is 0.560. The van der Waals surface area contributed by atoms with Gasteiger partial charge in [-0.15, -0.1) is 0 Å². The zero-order valence-electron chi connectivity index (χ0n) is 21.3. The predicted molar refractivity (Wildman–Crippen MR) is 125 cm³/mol. The first-order valence-electron chi connectivity index (χ1n) is 12.1. The van der Waals surface area contributed by atoms with E-state index in [-0.39, 0.29) is 54.5 Å². The van der Waals surface area contributed by atoms with E-state index in [1.165, 1.54) is 26.2 Å². The first kappa shape index (κ1) is 28.1. The fourth-order valence-electron chi connectivity index (χ4n) is 4.36. The summed E-state index contributed by atoms with van der Waals surface area (Å²) in [6, 6.07) is 2.83. The highest BCUT2D eigenvalue weighted by Crippen LogP contribution is 2.42. The highest BCUT2D eigenvalue weighted by atomic mass is 19.3. The van der Waals surface area contributed by atoms with Gasteiger partial charge in [-0.1, -0.05) is 18.2 Å². The Kier molecular flexibility index (Phi) is 7.91. The third-order valence-corrected chi connectivity index (χ3v) is 6.57. The maximum absolute atomic E-state index is 15.1. The molecule has 208 valence electrons. The van der Waals surface area contributed by atoms with E-state index in [9.17, 15) is 22.4 Å². The second-order valence-electron chi connectivity index (χ2n) is 9.52. The van der Waals surface area contributed by atoms with Crippen molar-refractivity contribution in [3.63, 3.8) is 0 Å². The highest BCUT2D eigenvalue weighted by Gasteiger charge is 2.53. The smallest absolute Gasteiger partial charge is 0.273 e. The summed E-state index contributed by atoms with van der Waals surface area (Å²) in [6.07, 6.45) is -4.97. The van der Waals surface area contributed by atoms with Crippen LogP contribution in [0.25, 0.3) is 0 Å². The van der Waals surface area contributed by atoms with Gasteiger partial charge in [-0.05, 0) is 26.7 Å². The van der Waals surface area contributed by atoms with Gasteiger partial charge in [0.25, 0.3) is 18.3 Å². The van der Waals surface area contributed by atoms with Crippen molar-refractivity contribution in [1.29, 1.82) is 0 Å². The second-order valence-corrected chi connectivity index (χ2v) is 9.52. The van der Waals surface area contributed by atoms with E-state index in [1.807, 2.05) is 0 Å². The van der Waals surface area contributed by atoms with Gasteiger partial charge in [0.2, 0.25) is 0 Å². The lowest BCUT2D eigenvalue weighted by Crippen LogP contribution is -2.45. The van der Waals surface area contributed by atoms with Crippen LogP contribution in [0.2, 0.25) is 0 Å². The van der Waals surface area contributed by atoms with Gasteiger partial charge in [-0.25, -0.2) is 31.9 Å². The molecule has 1 saturated heterocycles. The first-order chi connectivity index (χ1) is 17.9. The molecule has 1 aliphatic heterocycles. The number of aryl methyl sites for hydroxylation is 1. The Hall–Kier alpha value is -2.90. The summed E-state index contributed by atoms with van der Waals surface area (Å²) >= 11 is 0. The molecule has 8 nitrogen and oxygen atoms in total. The van der Waals surface area contributed by atoms with Crippen LogP contribution < -0.4 is 10.6 Å². The Bertz CT molecular complexity index is 1180. The summed E-state index contributed by atoms with van der Waals surface area (Å²) in [7, 11) is 1.23. The molecule has 2 heterocycles. The minimum absolute atomic E-state index is 0.0125. The minimum Gasteiger partial charge on any atom is -0.365 e. The van der Waals surface area contributed by atoms with Crippen molar-refractivity contribution < 1.29 is 41.0 Å². The average Bonchev–Trinajstić information content (AvgIpc) is 3.41. The van der Waals surface area contributed by atoms with E-state index < -0.39 is 53.6 Å². The summed E-state index contributed by atoms with van der Waals surface area (Å²) in [5, 5.41) is 5.37. The van der Waals surface area contributed by atoms with Crippen LogP contribution in [0.1, 0.15) is 73.3 Å². The predicted octanol–water partition coefficient (Wildman–Crippen LogP) is 4.86. The van der Waals surface area contributed by atoms with Crippen LogP contribution in [-0.4, -0.2) is 48.2 Å². The van der Waals surface area contributed by atoms with Gasteiger partial charge in [0.05, 0.1) is 36.1 Å². The number of alkyl halides is 4. The zero-order chi connectivity index (χ0) is 27.8. The second kappa shape index (κ2) is 10.7. The molecule has 0 radical (unpaired) electrons. The molecule has 2 atom stereocenters. The van der Waals surface area contributed by atoms with Crippen LogP contribution in [0.3, 0.4) is 0 Å². The van der Waals surface area contributed by atoms with Gasteiger partial charge in [0.1, 0.15) is 23.0 Å². The lowest BCUT2D eigenvalue weighted by atomic mass is 10.00.